The lowest BCUT2D eigenvalue weighted by molar-refractivity contribution is 0.261. The van der Waals surface area contributed by atoms with Crippen LogP contribution in [0.4, 0.5) is 11.5 Å². The molecule has 0 unspecified atom stereocenters. The highest BCUT2D eigenvalue weighted by Crippen LogP contribution is 2.29. The van der Waals surface area contributed by atoms with E-state index in [-0.39, 0.29) is 12.0 Å². The summed E-state index contributed by atoms with van der Waals surface area (Å²) < 4.78 is 5.70. The maximum Gasteiger partial charge on any atom is 0.242 e. The van der Waals surface area contributed by atoms with Crippen LogP contribution in [0.25, 0.3) is 0 Å². The predicted octanol–water partition coefficient (Wildman–Crippen LogP) is 3.04. The van der Waals surface area contributed by atoms with Crippen LogP contribution in [0.1, 0.15) is 53.3 Å². The van der Waals surface area contributed by atoms with Gasteiger partial charge in [-0.1, -0.05) is 27.7 Å². The lowest BCUT2D eigenvalue weighted by atomic mass is 10.2. The highest BCUT2D eigenvalue weighted by Gasteiger charge is 2.16. The Hall–Kier alpha value is -1.52. The van der Waals surface area contributed by atoms with E-state index in [4.69, 9.17) is 10.5 Å². The molecule has 19 heavy (non-hydrogen) atoms. The summed E-state index contributed by atoms with van der Waals surface area (Å²) in [7, 11) is 0. The molecular formula is C14H26N4O. The summed E-state index contributed by atoms with van der Waals surface area (Å²) in [5, 5.41) is 3.24. The number of nitrogens with one attached hydrogen (secondary N) is 1. The number of aromatic nitrogens is 2. The Morgan fingerprint density at radius 1 is 1.11 bits per heavy atom. The molecular weight excluding hydrogens is 240 g/mol. The molecule has 108 valence electrons. The van der Waals surface area contributed by atoms with Crippen molar-refractivity contribution in [3.8, 4) is 5.88 Å². The summed E-state index contributed by atoms with van der Waals surface area (Å²) in [6.07, 6.45) is 0. The van der Waals surface area contributed by atoms with E-state index in [2.05, 4.69) is 43.0 Å². The van der Waals surface area contributed by atoms with Crippen LogP contribution in [0.15, 0.2) is 0 Å². The SMILES string of the molecule is CC(C)COc1nc(C(C)C)nc(NC(C)C)c1N. The smallest absolute Gasteiger partial charge is 0.242 e. The van der Waals surface area contributed by atoms with E-state index < -0.39 is 0 Å². The monoisotopic (exact) mass is 266 g/mol. The number of nitrogens with zero attached hydrogens (tertiary/aromatic N) is 2. The van der Waals surface area contributed by atoms with Gasteiger partial charge in [-0.25, -0.2) is 4.98 Å². The zero-order valence-corrected chi connectivity index (χ0v) is 12.8. The van der Waals surface area contributed by atoms with Crippen molar-refractivity contribution in [3.63, 3.8) is 0 Å². The van der Waals surface area contributed by atoms with E-state index in [1.807, 2.05) is 13.8 Å². The van der Waals surface area contributed by atoms with E-state index in [0.717, 1.165) is 5.82 Å². The average molecular weight is 266 g/mol. The van der Waals surface area contributed by atoms with Crippen molar-refractivity contribution in [2.45, 2.75) is 53.5 Å². The van der Waals surface area contributed by atoms with Gasteiger partial charge in [0, 0.05) is 12.0 Å². The van der Waals surface area contributed by atoms with Gasteiger partial charge in [-0.15, -0.1) is 0 Å². The van der Waals surface area contributed by atoms with Crippen LogP contribution >= 0.6 is 0 Å². The first-order valence-electron chi connectivity index (χ1n) is 6.88. The van der Waals surface area contributed by atoms with Gasteiger partial charge in [0.15, 0.2) is 5.82 Å². The minimum absolute atomic E-state index is 0.231. The second kappa shape index (κ2) is 6.59. The lowest BCUT2D eigenvalue weighted by Crippen LogP contribution is -2.17. The van der Waals surface area contributed by atoms with Crippen LogP contribution < -0.4 is 15.8 Å². The molecule has 1 aromatic rings. The van der Waals surface area contributed by atoms with Crippen LogP contribution in [0.5, 0.6) is 5.88 Å². The van der Waals surface area contributed by atoms with E-state index in [1.165, 1.54) is 0 Å². The van der Waals surface area contributed by atoms with E-state index >= 15 is 0 Å². The van der Waals surface area contributed by atoms with Crippen LogP contribution in [-0.2, 0) is 0 Å². The Morgan fingerprint density at radius 2 is 1.74 bits per heavy atom. The number of ether oxygens (including phenoxy) is 1. The Morgan fingerprint density at radius 3 is 2.21 bits per heavy atom. The minimum Gasteiger partial charge on any atom is -0.476 e. The zero-order chi connectivity index (χ0) is 14.6. The molecule has 0 fully saturated rings. The molecule has 1 heterocycles. The summed E-state index contributed by atoms with van der Waals surface area (Å²) in [5.41, 5.74) is 6.56. The normalized spacial score (nSPS) is 11.4. The number of hydrogen-bond donors (Lipinski definition) is 2. The third kappa shape index (κ3) is 4.58. The summed E-state index contributed by atoms with van der Waals surface area (Å²) in [6.45, 7) is 13.0. The number of hydrogen-bond acceptors (Lipinski definition) is 5. The molecule has 0 bridgehead atoms. The molecule has 5 heteroatoms. The quantitative estimate of drug-likeness (QED) is 0.828. The largest absolute Gasteiger partial charge is 0.476 e. The van der Waals surface area contributed by atoms with Crippen LogP contribution in [-0.4, -0.2) is 22.6 Å². The van der Waals surface area contributed by atoms with E-state index in [1.54, 1.807) is 0 Å². The zero-order valence-electron chi connectivity index (χ0n) is 12.8. The fourth-order valence-electron chi connectivity index (χ4n) is 1.46. The Kier molecular flexibility index (Phi) is 5.39. The van der Waals surface area contributed by atoms with Gasteiger partial charge in [-0.2, -0.15) is 4.98 Å². The Labute approximate surface area is 116 Å². The maximum atomic E-state index is 6.07. The van der Waals surface area contributed by atoms with Gasteiger partial charge in [-0.3, -0.25) is 0 Å². The van der Waals surface area contributed by atoms with Gasteiger partial charge in [0.25, 0.3) is 0 Å². The predicted molar refractivity (Wildman–Crippen MR) is 79.6 cm³/mol. The molecule has 0 atom stereocenters. The molecule has 0 aliphatic heterocycles. The van der Waals surface area contributed by atoms with Crippen LogP contribution in [0.2, 0.25) is 0 Å². The Bertz CT molecular complexity index is 416. The van der Waals surface area contributed by atoms with Gasteiger partial charge in [-0.05, 0) is 19.8 Å². The maximum absolute atomic E-state index is 6.07. The third-order valence-corrected chi connectivity index (χ3v) is 2.42. The molecule has 3 N–H and O–H groups in total. The number of anilines is 2. The van der Waals surface area contributed by atoms with Gasteiger partial charge >= 0.3 is 0 Å². The average Bonchev–Trinajstić information content (AvgIpc) is 2.29. The van der Waals surface area contributed by atoms with Crippen molar-refractivity contribution in [3.05, 3.63) is 5.82 Å². The van der Waals surface area contributed by atoms with Crippen molar-refractivity contribution < 1.29 is 4.74 Å². The molecule has 1 aromatic heterocycles. The molecule has 0 saturated carbocycles. The highest BCUT2D eigenvalue weighted by molar-refractivity contribution is 5.67. The standard InChI is InChI=1S/C14H26N4O/c1-8(2)7-19-14-11(15)13(16-10(5)6)17-12(18-14)9(3)4/h8-10H,7,15H2,1-6H3,(H,16,17,18). The third-order valence-electron chi connectivity index (χ3n) is 2.42. The second-order valence-electron chi connectivity index (χ2n) is 5.81. The first-order valence-corrected chi connectivity index (χ1v) is 6.88. The molecule has 0 saturated heterocycles. The van der Waals surface area contributed by atoms with E-state index in [9.17, 15) is 0 Å². The summed E-state index contributed by atoms with van der Waals surface area (Å²) in [5.74, 6) is 2.55. The first kappa shape index (κ1) is 15.5. The van der Waals surface area contributed by atoms with Crippen molar-refractivity contribution in [1.29, 1.82) is 0 Å². The Balaban J connectivity index is 3.09. The van der Waals surface area contributed by atoms with Crippen molar-refractivity contribution in [2.75, 3.05) is 17.7 Å². The van der Waals surface area contributed by atoms with Gasteiger partial charge in [0.05, 0.1) is 6.61 Å². The molecule has 5 nitrogen and oxygen atoms in total. The van der Waals surface area contributed by atoms with Crippen molar-refractivity contribution in [2.24, 2.45) is 5.92 Å². The van der Waals surface area contributed by atoms with Crippen molar-refractivity contribution >= 4 is 11.5 Å². The van der Waals surface area contributed by atoms with Gasteiger partial charge in [0.1, 0.15) is 11.5 Å². The molecule has 0 radical (unpaired) electrons. The van der Waals surface area contributed by atoms with E-state index in [0.29, 0.717) is 29.9 Å². The fraction of sp³-hybridized carbons (Fsp3) is 0.714. The van der Waals surface area contributed by atoms with Crippen LogP contribution in [0, 0.1) is 5.92 Å². The van der Waals surface area contributed by atoms with Gasteiger partial charge < -0.3 is 15.8 Å². The highest BCUT2D eigenvalue weighted by atomic mass is 16.5. The summed E-state index contributed by atoms with van der Waals surface area (Å²) in [4.78, 5) is 8.89. The molecule has 0 spiro atoms. The number of rotatable bonds is 6. The number of nitrogen functional groups attached to an aromatic ring is 1. The first-order chi connectivity index (χ1) is 8.81. The van der Waals surface area contributed by atoms with Gasteiger partial charge in [0.2, 0.25) is 5.88 Å². The summed E-state index contributed by atoms with van der Waals surface area (Å²) >= 11 is 0. The molecule has 1 rings (SSSR count). The molecule has 0 amide bonds. The topological polar surface area (TPSA) is 73.1 Å². The lowest BCUT2D eigenvalue weighted by Gasteiger charge is -2.17. The fourth-order valence-corrected chi connectivity index (χ4v) is 1.46. The second-order valence-corrected chi connectivity index (χ2v) is 5.81. The minimum atomic E-state index is 0.231. The summed E-state index contributed by atoms with van der Waals surface area (Å²) in [6, 6.07) is 0.259. The molecule has 0 aliphatic rings. The molecule has 0 aliphatic carbocycles. The van der Waals surface area contributed by atoms with Crippen LogP contribution in [0.3, 0.4) is 0 Å². The molecule has 0 aromatic carbocycles. The van der Waals surface area contributed by atoms with Crippen molar-refractivity contribution in [1.82, 2.24) is 9.97 Å². The number of nitrogens with two attached hydrogens (primary N) is 1.